The summed E-state index contributed by atoms with van der Waals surface area (Å²) in [6.07, 6.45) is 4.18. The van der Waals surface area contributed by atoms with Crippen molar-refractivity contribution in [3.05, 3.63) is 17.3 Å². The molecule has 18 heavy (non-hydrogen) atoms. The fourth-order valence-electron chi connectivity index (χ4n) is 2.60. The second-order valence-electron chi connectivity index (χ2n) is 4.61. The highest BCUT2D eigenvalue weighted by atomic mass is 32.1. The van der Waals surface area contributed by atoms with E-state index in [4.69, 9.17) is 12.2 Å². The van der Waals surface area contributed by atoms with Crippen LogP contribution in [0.2, 0.25) is 0 Å². The number of rotatable bonds is 1. The number of fused-ring (bicyclic) bond motifs is 1. The lowest BCUT2D eigenvalue weighted by Crippen LogP contribution is -2.37. The van der Waals surface area contributed by atoms with Crippen molar-refractivity contribution in [3.63, 3.8) is 0 Å². The molecule has 2 aromatic heterocycles. The van der Waals surface area contributed by atoms with Crippen LogP contribution in [-0.2, 0) is 0 Å². The number of hydrogen-bond donors (Lipinski definition) is 3. The molecule has 6 nitrogen and oxygen atoms in total. The molecule has 3 atom stereocenters. The number of imidazole rings is 1. The average molecular weight is 266 g/mol. The maximum Gasteiger partial charge on any atom is 0.157 e. The highest BCUT2D eigenvalue weighted by molar-refractivity contribution is 7.71. The number of aliphatic hydroxyl groups excluding tert-OH is 2. The third-order valence-electron chi connectivity index (χ3n) is 3.49. The van der Waals surface area contributed by atoms with E-state index in [-0.39, 0.29) is 6.04 Å². The van der Waals surface area contributed by atoms with Gasteiger partial charge in [-0.15, -0.1) is 0 Å². The third-order valence-corrected chi connectivity index (χ3v) is 3.79. The predicted octanol–water partition coefficient (Wildman–Crippen LogP) is 0.936. The van der Waals surface area contributed by atoms with Crippen LogP contribution in [0, 0.1) is 4.64 Å². The minimum atomic E-state index is -0.568. The van der Waals surface area contributed by atoms with Gasteiger partial charge in [0.05, 0.1) is 30.9 Å². The van der Waals surface area contributed by atoms with E-state index in [0.29, 0.717) is 28.6 Å². The summed E-state index contributed by atoms with van der Waals surface area (Å²) < 4.78 is 2.18. The first-order valence-electron chi connectivity index (χ1n) is 5.95. The molecule has 1 aliphatic rings. The van der Waals surface area contributed by atoms with Gasteiger partial charge in [-0.1, -0.05) is 12.2 Å². The van der Waals surface area contributed by atoms with Crippen LogP contribution in [0.3, 0.4) is 0 Å². The number of hydrogen-bond acceptors (Lipinski definition) is 5. The van der Waals surface area contributed by atoms with Gasteiger partial charge in [0.15, 0.2) is 4.64 Å². The topological polar surface area (TPSA) is 87.0 Å². The Morgan fingerprint density at radius 2 is 2.00 bits per heavy atom. The van der Waals surface area contributed by atoms with E-state index in [9.17, 15) is 10.2 Å². The quantitative estimate of drug-likeness (QED) is 0.669. The first-order chi connectivity index (χ1) is 8.68. The molecule has 96 valence electrons. The van der Waals surface area contributed by atoms with Gasteiger partial charge in [-0.2, -0.15) is 0 Å². The molecule has 0 spiro atoms. The molecule has 0 aliphatic heterocycles. The molecule has 3 rings (SSSR count). The van der Waals surface area contributed by atoms with Crippen molar-refractivity contribution in [2.75, 3.05) is 0 Å². The van der Waals surface area contributed by atoms with Crippen molar-refractivity contribution in [2.45, 2.75) is 37.5 Å². The van der Waals surface area contributed by atoms with Crippen LogP contribution >= 0.6 is 12.2 Å². The normalized spacial score (nSPS) is 28.7. The van der Waals surface area contributed by atoms with Gasteiger partial charge >= 0.3 is 0 Å². The maximum absolute atomic E-state index is 10.1. The lowest BCUT2D eigenvalue weighted by Gasteiger charge is -2.33. The highest BCUT2D eigenvalue weighted by Gasteiger charge is 2.33. The Labute approximate surface area is 108 Å². The van der Waals surface area contributed by atoms with E-state index < -0.39 is 12.2 Å². The van der Waals surface area contributed by atoms with E-state index >= 15 is 0 Å². The van der Waals surface area contributed by atoms with Crippen molar-refractivity contribution in [1.29, 1.82) is 0 Å². The van der Waals surface area contributed by atoms with Crippen molar-refractivity contribution < 1.29 is 10.2 Å². The smallest absolute Gasteiger partial charge is 0.157 e. The summed E-state index contributed by atoms with van der Waals surface area (Å²) in [6.45, 7) is 0. The van der Waals surface area contributed by atoms with E-state index in [1.54, 1.807) is 10.9 Å². The second-order valence-corrected chi connectivity index (χ2v) is 5.00. The van der Waals surface area contributed by atoms with Crippen molar-refractivity contribution >= 4 is 23.4 Å². The lowest BCUT2D eigenvalue weighted by atomic mass is 9.90. The van der Waals surface area contributed by atoms with E-state index in [1.807, 2.05) is 0 Å². The van der Waals surface area contributed by atoms with Gasteiger partial charge in [-0.05, 0) is 19.3 Å². The van der Waals surface area contributed by atoms with Crippen molar-refractivity contribution in [2.24, 2.45) is 0 Å². The number of nitrogens with one attached hydrogen (secondary N) is 1. The summed E-state index contributed by atoms with van der Waals surface area (Å²) in [4.78, 5) is 11.1. The number of aromatic amines is 1. The van der Waals surface area contributed by atoms with Gasteiger partial charge in [0.25, 0.3) is 0 Å². The fourth-order valence-corrected chi connectivity index (χ4v) is 2.81. The molecule has 0 radical (unpaired) electrons. The first kappa shape index (κ1) is 11.8. The standard InChI is InChI=1S/C11H14N4O2S/c16-6-2-1-3-7(17)9(6)15-5-14-8-10(15)12-4-13-11(8)18/h4-7,9,16-17H,1-3H2,(H,12,13,18)/t6-,7+,9?. The highest BCUT2D eigenvalue weighted by Crippen LogP contribution is 2.31. The van der Waals surface area contributed by atoms with Gasteiger partial charge in [0, 0.05) is 0 Å². The average Bonchev–Trinajstić information content (AvgIpc) is 2.75. The Balaban J connectivity index is 2.14. The first-order valence-corrected chi connectivity index (χ1v) is 6.35. The molecule has 1 saturated carbocycles. The van der Waals surface area contributed by atoms with E-state index in [2.05, 4.69) is 15.0 Å². The number of H-pyrrole nitrogens is 1. The molecule has 7 heteroatoms. The van der Waals surface area contributed by atoms with Crippen LogP contribution in [0.4, 0.5) is 0 Å². The van der Waals surface area contributed by atoms with Gasteiger partial charge in [0.1, 0.15) is 11.2 Å². The maximum atomic E-state index is 10.1. The Kier molecular flexibility index (Phi) is 2.89. The minimum Gasteiger partial charge on any atom is -0.391 e. The van der Waals surface area contributed by atoms with Crippen LogP contribution in [-0.4, -0.2) is 41.9 Å². The Morgan fingerprint density at radius 1 is 1.28 bits per heavy atom. The van der Waals surface area contributed by atoms with Crippen molar-refractivity contribution in [3.8, 4) is 0 Å². The Morgan fingerprint density at radius 3 is 2.72 bits per heavy atom. The molecule has 3 N–H and O–H groups in total. The van der Waals surface area contributed by atoms with Gasteiger partial charge in [-0.25, -0.2) is 9.97 Å². The van der Waals surface area contributed by atoms with Crippen LogP contribution < -0.4 is 0 Å². The largest absolute Gasteiger partial charge is 0.391 e. The molecule has 0 amide bonds. The zero-order chi connectivity index (χ0) is 12.7. The number of aliphatic hydroxyl groups is 2. The summed E-state index contributed by atoms with van der Waals surface area (Å²) in [5.74, 6) is 0. The molecule has 2 heterocycles. The summed E-state index contributed by atoms with van der Waals surface area (Å²) in [7, 11) is 0. The SMILES string of the molecule is O[C@@H]1CCC[C@H](O)C1n1cnc2c(=S)nc[nH]c21. The molecule has 1 aliphatic carbocycles. The molecule has 0 aromatic carbocycles. The van der Waals surface area contributed by atoms with E-state index in [1.165, 1.54) is 6.33 Å². The lowest BCUT2D eigenvalue weighted by molar-refractivity contribution is -0.0141. The van der Waals surface area contributed by atoms with Gasteiger partial charge in [-0.3, -0.25) is 0 Å². The van der Waals surface area contributed by atoms with Gasteiger partial charge < -0.3 is 19.8 Å². The van der Waals surface area contributed by atoms with Gasteiger partial charge in [0.2, 0.25) is 0 Å². The predicted molar refractivity (Wildman–Crippen MR) is 67.6 cm³/mol. The fraction of sp³-hybridized carbons (Fsp3) is 0.545. The van der Waals surface area contributed by atoms with Crippen LogP contribution in [0.1, 0.15) is 25.3 Å². The molecule has 0 bridgehead atoms. The van der Waals surface area contributed by atoms with Crippen LogP contribution in [0.5, 0.6) is 0 Å². The molecule has 0 saturated heterocycles. The molecule has 1 fully saturated rings. The third kappa shape index (κ3) is 1.75. The Hall–Kier alpha value is -1.31. The Bertz CT molecular complexity index is 613. The van der Waals surface area contributed by atoms with Crippen LogP contribution in [0.15, 0.2) is 12.7 Å². The minimum absolute atomic E-state index is 0.378. The zero-order valence-corrected chi connectivity index (χ0v) is 10.5. The number of nitrogens with zero attached hydrogens (tertiary/aromatic N) is 3. The summed E-state index contributed by atoms with van der Waals surface area (Å²) in [6, 6.07) is -0.378. The van der Waals surface area contributed by atoms with Crippen molar-refractivity contribution in [1.82, 2.24) is 19.5 Å². The zero-order valence-electron chi connectivity index (χ0n) is 9.65. The molecular weight excluding hydrogens is 252 g/mol. The summed E-state index contributed by atoms with van der Waals surface area (Å²) >= 11 is 5.10. The summed E-state index contributed by atoms with van der Waals surface area (Å²) in [5.41, 5.74) is 1.29. The summed E-state index contributed by atoms with van der Waals surface area (Å²) in [5, 5.41) is 20.2. The molecule has 2 aromatic rings. The van der Waals surface area contributed by atoms with Crippen LogP contribution in [0.25, 0.3) is 11.2 Å². The monoisotopic (exact) mass is 266 g/mol. The number of aromatic nitrogens is 4. The molecule has 1 unspecified atom stereocenters. The second kappa shape index (κ2) is 4.42. The van der Waals surface area contributed by atoms with E-state index in [0.717, 1.165) is 6.42 Å². The molecular formula is C11H14N4O2S.